The minimum Gasteiger partial charge on any atom is -0.494 e. The third kappa shape index (κ3) is 10.6. The number of fused-ring (bicyclic) bond motifs is 1. The smallest absolute Gasteiger partial charge is 0.393 e. The van der Waals surface area contributed by atoms with Crippen LogP contribution in [0.3, 0.4) is 0 Å². The van der Waals surface area contributed by atoms with E-state index in [4.69, 9.17) is 20.6 Å². The maximum Gasteiger partial charge on any atom is 0.393 e. The van der Waals surface area contributed by atoms with Crippen LogP contribution >= 0.6 is 11.8 Å². The molecule has 3 rings (SSSR count). The summed E-state index contributed by atoms with van der Waals surface area (Å²) >= 11 is 1.28. The Kier molecular flexibility index (Phi) is 12.5. The van der Waals surface area contributed by atoms with Gasteiger partial charge in [0.2, 0.25) is 10.8 Å². The highest BCUT2D eigenvalue weighted by Gasteiger charge is 2.28. The van der Waals surface area contributed by atoms with E-state index in [1.165, 1.54) is 36.7 Å². The minimum atomic E-state index is -4.35. The van der Waals surface area contributed by atoms with Crippen molar-refractivity contribution in [2.45, 2.75) is 70.0 Å². The van der Waals surface area contributed by atoms with E-state index in [1.807, 2.05) is 0 Å². The van der Waals surface area contributed by atoms with Crippen LogP contribution in [0.2, 0.25) is 0 Å². The zero-order valence-electron chi connectivity index (χ0n) is 22.4. The van der Waals surface area contributed by atoms with E-state index < -0.39 is 24.3 Å². The molecule has 0 aliphatic heterocycles. The summed E-state index contributed by atoms with van der Waals surface area (Å²) in [5, 5.41) is 0.302. The molecule has 0 saturated heterocycles. The fourth-order valence-corrected chi connectivity index (χ4v) is 5.01. The molecule has 0 saturated carbocycles. The number of pyridine rings is 1. The lowest BCUT2D eigenvalue weighted by Gasteiger charge is -2.09. The number of thioether (sulfide) groups is 1. The number of hydrogen-bond donors (Lipinski definition) is 2. The average Bonchev–Trinajstić information content (AvgIpc) is 2.92. The summed E-state index contributed by atoms with van der Waals surface area (Å²) in [7, 11) is 0. The number of rotatable bonds is 16. The highest BCUT2D eigenvalue weighted by atomic mass is 32.2. The Hall–Kier alpha value is -2.89. The minimum absolute atomic E-state index is 0.00264. The fourth-order valence-electron chi connectivity index (χ4n) is 4.15. The van der Waals surface area contributed by atoms with Gasteiger partial charge in [-0.2, -0.15) is 13.2 Å². The van der Waals surface area contributed by atoms with Crippen molar-refractivity contribution < 1.29 is 27.1 Å². The van der Waals surface area contributed by atoms with Gasteiger partial charge in [-0.25, -0.2) is 9.78 Å². The van der Waals surface area contributed by atoms with Crippen molar-refractivity contribution in [1.29, 1.82) is 0 Å². The first-order chi connectivity index (χ1) is 19.2. The van der Waals surface area contributed by atoms with Crippen molar-refractivity contribution in [2.24, 2.45) is 11.5 Å². The van der Waals surface area contributed by atoms with Crippen LogP contribution in [0, 0.1) is 0 Å². The predicted octanol–water partition coefficient (Wildman–Crippen LogP) is 6.01. The van der Waals surface area contributed by atoms with E-state index in [0.29, 0.717) is 23.3 Å². The van der Waals surface area contributed by atoms with Crippen LogP contribution in [-0.4, -0.2) is 41.2 Å². The van der Waals surface area contributed by atoms with Crippen molar-refractivity contribution in [2.75, 3.05) is 18.9 Å². The van der Waals surface area contributed by atoms with Gasteiger partial charge in [-0.3, -0.25) is 4.79 Å². The van der Waals surface area contributed by atoms with Gasteiger partial charge in [-0.1, -0.05) is 62.4 Å². The molecule has 4 N–H and O–H groups in total. The Bertz CT molecular complexity index is 1280. The van der Waals surface area contributed by atoms with Gasteiger partial charge in [0, 0.05) is 23.9 Å². The largest absolute Gasteiger partial charge is 0.494 e. The molecule has 0 radical (unpaired) electrons. The Morgan fingerprint density at radius 2 is 1.65 bits per heavy atom. The second-order valence-corrected chi connectivity index (χ2v) is 10.8. The lowest BCUT2D eigenvalue weighted by molar-refractivity contribution is -0.127. The molecule has 2 heterocycles. The normalized spacial score (nSPS) is 12.5. The molecule has 0 aliphatic carbocycles. The second kappa shape index (κ2) is 15.8. The van der Waals surface area contributed by atoms with Crippen LogP contribution in [0.1, 0.15) is 56.9 Å². The van der Waals surface area contributed by atoms with Crippen LogP contribution in [0.5, 0.6) is 5.75 Å². The third-order valence-electron chi connectivity index (χ3n) is 6.32. The van der Waals surface area contributed by atoms with Gasteiger partial charge in [0.15, 0.2) is 0 Å². The summed E-state index contributed by atoms with van der Waals surface area (Å²) in [5.41, 5.74) is 11.2. The second-order valence-electron chi connectivity index (χ2n) is 9.69. The van der Waals surface area contributed by atoms with Gasteiger partial charge in [0.1, 0.15) is 5.75 Å². The quantitative estimate of drug-likeness (QED) is 0.198. The lowest BCUT2D eigenvalue weighted by Crippen LogP contribution is -2.36. The third-order valence-corrected chi connectivity index (χ3v) is 7.40. The zero-order chi connectivity index (χ0) is 29.0. The van der Waals surface area contributed by atoms with Gasteiger partial charge < -0.3 is 20.6 Å². The van der Waals surface area contributed by atoms with Crippen LogP contribution in [0.4, 0.5) is 13.2 Å². The molecule has 1 unspecified atom stereocenters. The maximum atomic E-state index is 12.7. The van der Waals surface area contributed by atoms with Crippen molar-refractivity contribution in [3.05, 3.63) is 58.6 Å². The van der Waals surface area contributed by atoms with E-state index in [9.17, 15) is 22.8 Å². The SMILES string of the molecule is NCC(N)C(=O)SCCCCCCCCCCOc1ccc(-c2cc3cc(CC(F)(F)F)cnc3oc2=O)cc1. The Balaban J connectivity index is 1.35. The van der Waals surface area contributed by atoms with E-state index in [2.05, 4.69) is 4.98 Å². The number of benzene rings is 1. The summed E-state index contributed by atoms with van der Waals surface area (Å²) in [6.45, 7) is 0.775. The topological polar surface area (TPSA) is 121 Å². The molecule has 1 atom stereocenters. The summed E-state index contributed by atoms with van der Waals surface area (Å²) in [6, 6.07) is 9.25. The maximum absolute atomic E-state index is 12.7. The monoisotopic (exact) mass is 579 g/mol. The van der Waals surface area contributed by atoms with Gasteiger partial charge in [0.25, 0.3) is 0 Å². The number of aromatic nitrogens is 1. The zero-order valence-corrected chi connectivity index (χ0v) is 23.2. The fraction of sp³-hybridized carbons (Fsp3) is 0.483. The van der Waals surface area contributed by atoms with Crippen LogP contribution in [-0.2, 0) is 11.2 Å². The number of halogens is 3. The highest BCUT2D eigenvalue weighted by molar-refractivity contribution is 8.13. The van der Waals surface area contributed by atoms with Crippen LogP contribution < -0.4 is 21.8 Å². The van der Waals surface area contributed by atoms with Crippen LogP contribution in [0.25, 0.3) is 22.2 Å². The number of unbranched alkanes of at least 4 members (excludes halogenated alkanes) is 7. The summed E-state index contributed by atoms with van der Waals surface area (Å²) in [5.74, 6) is 1.47. The molecular formula is C29H36F3N3O4S. The number of nitrogens with zero attached hydrogens (tertiary/aromatic N) is 1. The first-order valence-electron chi connectivity index (χ1n) is 13.5. The van der Waals surface area contributed by atoms with Gasteiger partial charge >= 0.3 is 11.8 Å². The summed E-state index contributed by atoms with van der Waals surface area (Å²) in [4.78, 5) is 27.9. The van der Waals surface area contributed by atoms with Crippen molar-refractivity contribution in [1.82, 2.24) is 4.98 Å². The Morgan fingerprint density at radius 1 is 1.00 bits per heavy atom. The molecule has 0 bridgehead atoms. The standard InChI is InChI=1S/C29H36F3N3O4S/c30-29(31,32)17-20-15-22-16-24(27(36)39-26(22)35-19-20)21-9-11-23(12-10-21)38-13-7-5-3-1-2-4-6-8-14-40-28(37)25(34)18-33/h9-12,15-16,19,25H,1-8,13-14,17-18,33-34H2. The molecule has 40 heavy (non-hydrogen) atoms. The predicted molar refractivity (Wildman–Crippen MR) is 152 cm³/mol. The van der Waals surface area contributed by atoms with E-state index in [1.54, 1.807) is 24.3 Å². The van der Waals surface area contributed by atoms with Crippen molar-refractivity contribution >= 4 is 28.0 Å². The number of carbonyl (C=O) groups is 1. The van der Waals surface area contributed by atoms with Crippen molar-refractivity contribution in [3.8, 4) is 16.9 Å². The number of alkyl halides is 3. The average molecular weight is 580 g/mol. The number of carbonyl (C=O) groups excluding carboxylic acids is 1. The first-order valence-corrected chi connectivity index (χ1v) is 14.5. The van der Waals surface area contributed by atoms with Crippen molar-refractivity contribution in [3.63, 3.8) is 0 Å². The molecule has 1 aromatic carbocycles. The van der Waals surface area contributed by atoms with Gasteiger partial charge in [-0.15, -0.1) is 0 Å². The molecule has 0 fully saturated rings. The number of hydrogen-bond acceptors (Lipinski definition) is 8. The molecule has 2 aromatic heterocycles. The van der Waals surface area contributed by atoms with Gasteiger partial charge in [0.05, 0.1) is 24.6 Å². The lowest BCUT2D eigenvalue weighted by atomic mass is 10.1. The van der Waals surface area contributed by atoms with E-state index in [-0.39, 0.29) is 28.5 Å². The molecule has 0 aliphatic rings. The Labute approximate surface area is 235 Å². The molecule has 0 spiro atoms. The number of ether oxygens (including phenoxy) is 1. The Morgan fingerprint density at radius 3 is 2.30 bits per heavy atom. The molecule has 218 valence electrons. The summed E-state index contributed by atoms with van der Waals surface area (Å²) < 4.78 is 49.2. The molecular weight excluding hydrogens is 543 g/mol. The number of nitrogens with two attached hydrogens (primary N) is 2. The molecule has 0 amide bonds. The van der Waals surface area contributed by atoms with Gasteiger partial charge in [-0.05, 0) is 48.2 Å². The molecule has 3 aromatic rings. The molecule has 7 nitrogen and oxygen atoms in total. The van der Waals surface area contributed by atoms with E-state index >= 15 is 0 Å². The first kappa shape index (κ1) is 31.6. The summed E-state index contributed by atoms with van der Waals surface area (Å²) in [6.07, 6.45) is 4.36. The van der Waals surface area contributed by atoms with Crippen LogP contribution in [0.15, 0.2) is 51.8 Å². The molecule has 11 heteroatoms. The van der Waals surface area contributed by atoms with E-state index in [0.717, 1.165) is 50.5 Å². The highest BCUT2D eigenvalue weighted by Crippen LogP contribution is 2.26.